The van der Waals surface area contributed by atoms with Crippen molar-refractivity contribution in [2.45, 2.75) is 19.8 Å². The van der Waals surface area contributed by atoms with Crippen LogP contribution in [0.15, 0.2) is 6.20 Å². The van der Waals surface area contributed by atoms with Gasteiger partial charge in [-0.3, -0.25) is 9.48 Å². The van der Waals surface area contributed by atoms with Gasteiger partial charge in [-0.15, -0.1) is 0 Å². The molecule has 0 aromatic carbocycles. The highest BCUT2D eigenvalue weighted by Gasteiger charge is 2.06. The van der Waals surface area contributed by atoms with Crippen molar-refractivity contribution >= 4 is 11.6 Å². The van der Waals surface area contributed by atoms with E-state index in [4.69, 9.17) is 5.73 Å². The van der Waals surface area contributed by atoms with E-state index in [2.05, 4.69) is 10.4 Å². The van der Waals surface area contributed by atoms with E-state index in [-0.39, 0.29) is 5.91 Å². The Balaban J connectivity index is 2.51. The highest BCUT2D eigenvalue weighted by atomic mass is 16.1. The molecule has 1 aromatic heterocycles. The summed E-state index contributed by atoms with van der Waals surface area (Å²) in [4.78, 5) is 11.3. The van der Waals surface area contributed by atoms with Crippen molar-refractivity contribution in [1.82, 2.24) is 9.78 Å². The summed E-state index contributed by atoms with van der Waals surface area (Å²) in [6, 6.07) is 0. The fourth-order valence-corrected chi connectivity index (χ4v) is 1.20. The zero-order chi connectivity index (χ0) is 10.6. The Labute approximate surface area is 83.3 Å². The van der Waals surface area contributed by atoms with Crippen LogP contribution in [-0.2, 0) is 11.8 Å². The molecule has 0 saturated carbocycles. The Bertz CT molecular complexity index is 319. The normalized spacial score (nSPS) is 10.2. The van der Waals surface area contributed by atoms with Gasteiger partial charge in [0.1, 0.15) is 0 Å². The smallest absolute Gasteiger partial charge is 0.224 e. The lowest BCUT2D eigenvalue weighted by Gasteiger charge is -2.01. The molecule has 0 radical (unpaired) electrons. The average molecular weight is 196 g/mol. The lowest BCUT2D eigenvalue weighted by Crippen LogP contribution is -2.13. The molecule has 0 aliphatic carbocycles. The monoisotopic (exact) mass is 196 g/mol. The zero-order valence-corrected chi connectivity index (χ0v) is 8.58. The van der Waals surface area contributed by atoms with Crippen LogP contribution in [0.1, 0.15) is 18.5 Å². The summed E-state index contributed by atoms with van der Waals surface area (Å²) in [5.74, 6) is -0.00782. The molecule has 1 heterocycles. The third kappa shape index (κ3) is 2.85. The van der Waals surface area contributed by atoms with Crippen LogP contribution in [0.5, 0.6) is 0 Å². The minimum Gasteiger partial charge on any atom is -0.330 e. The molecule has 1 aromatic rings. The summed E-state index contributed by atoms with van der Waals surface area (Å²) in [5.41, 5.74) is 6.91. The van der Waals surface area contributed by atoms with E-state index in [1.54, 1.807) is 10.9 Å². The summed E-state index contributed by atoms with van der Waals surface area (Å²) in [6.45, 7) is 2.40. The second-order valence-electron chi connectivity index (χ2n) is 3.24. The van der Waals surface area contributed by atoms with Crippen LogP contribution < -0.4 is 11.1 Å². The molecule has 78 valence electrons. The quantitative estimate of drug-likeness (QED) is 0.732. The van der Waals surface area contributed by atoms with E-state index in [9.17, 15) is 4.79 Å². The van der Waals surface area contributed by atoms with Crippen molar-refractivity contribution in [3.63, 3.8) is 0 Å². The number of rotatable bonds is 4. The Hall–Kier alpha value is -1.36. The van der Waals surface area contributed by atoms with Crippen LogP contribution in [0.4, 0.5) is 5.69 Å². The number of aromatic nitrogens is 2. The van der Waals surface area contributed by atoms with Gasteiger partial charge in [-0.1, -0.05) is 0 Å². The third-order valence-corrected chi connectivity index (χ3v) is 1.90. The van der Waals surface area contributed by atoms with Gasteiger partial charge in [-0.25, -0.2) is 0 Å². The summed E-state index contributed by atoms with van der Waals surface area (Å²) < 4.78 is 1.67. The van der Waals surface area contributed by atoms with E-state index in [1.807, 2.05) is 14.0 Å². The molecule has 0 atom stereocenters. The van der Waals surface area contributed by atoms with Gasteiger partial charge in [-0.2, -0.15) is 5.10 Å². The number of amides is 1. The van der Waals surface area contributed by atoms with Crippen molar-refractivity contribution < 1.29 is 4.79 Å². The van der Waals surface area contributed by atoms with Crippen LogP contribution in [0.25, 0.3) is 0 Å². The van der Waals surface area contributed by atoms with Gasteiger partial charge >= 0.3 is 0 Å². The molecule has 0 aliphatic rings. The molecule has 1 amide bonds. The minimum absolute atomic E-state index is 0.00782. The molecule has 5 heteroatoms. The highest BCUT2D eigenvalue weighted by molar-refractivity contribution is 5.91. The predicted molar refractivity (Wildman–Crippen MR) is 54.9 cm³/mol. The Morgan fingerprint density at radius 3 is 2.93 bits per heavy atom. The fourth-order valence-electron chi connectivity index (χ4n) is 1.20. The first-order valence-corrected chi connectivity index (χ1v) is 4.63. The number of hydrogen-bond donors (Lipinski definition) is 2. The summed E-state index contributed by atoms with van der Waals surface area (Å²) in [7, 11) is 1.82. The minimum atomic E-state index is -0.00782. The molecule has 0 spiro atoms. The molecule has 0 bridgehead atoms. The molecule has 5 nitrogen and oxygen atoms in total. The summed E-state index contributed by atoms with van der Waals surface area (Å²) in [6.07, 6.45) is 2.96. The van der Waals surface area contributed by atoms with Gasteiger partial charge in [0.05, 0.1) is 11.4 Å². The van der Waals surface area contributed by atoms with Gasteiger partial charge in [0.15, 0.2) is 0 Å². The molecule has 0 unspecified atom stereocenters. The number of nitrogens with one attached hydrogen (secondary N) is 1. The van der Waals surface area contributed by atoms with Crippen molar-refractivity contribution in [2.24, 2.45) is 12.8 Å². The Morgan fingerprint density at radius 1 is 1.71 bits per heavy atom. The maximum absolute atomic E-state index is 11.3. The highest BCUT2D eigenvalue weighted by Crippen LogP contribution is 2.11. The lowest BCUT2D eigenvalue weighted by atomic mass is 10.3. The second kappa shape index (κ2) is 4.76. The number of nitrogens with two attached hydrogens (primary N) is 1. The topological polar surface area (TPSA) is 72.9 Å². The van der Waals surface area contributed by atoms with E-state index >= 15 is 0 Å². The zero-order valence-electron chi connectivity index (χ0n) is 8.58. The molecular weight excluding hydrogens is 180 g/mol. The van der Waals surface area contributed by atoms with Crippen molar-refractivity contribution in [1.29, 1.82) is 0 Å². The number of carbonyl (C=O) groups is 1. The van der Waals surface area contributed by atoms with Crippen LogP contribution >= 0.6 is 0 Å². The maximum atomic E-state index is 11.3. The number of aryl methyl sites for hydroxylation is 2. The van der Waals surface area contributed by atoms with Crippen LogP contribution in [0.2, 0.25) is 0 Å². The molecule has 0 aliphatic heterocycles. The average Bonchev–Trinajstić information content (AvgIpc) is 2.42. The fraction of sp³-hybridized carbons (Fsp3) is 0.556. The number of anilines is 1. The number of nitrogens with zero attached hydrogens (tertiary/aromatic N) is 2. The second-order valence-corrected chi connectivity index (χ2v) is 3.24. The molecule has 0 fully saturated rings. The first-order valence-electron chi connectivity index (χ1n) is 4.63. The van der Waals surface area contributed by atoms with Crippen molar-refractivity contribution in [3.8, 4) is 0 Å². The van der Waals surface area contributed by atoms with Gasteiger partial charge < -0.3 is 11.1 Å². The molecular formula is C9H16N4O. The van der Waals surface area contributed by atoms with Crippen LogP contribution in [0.3, 0.4) is 0 Å². The molecule has 14 heavy (non-hydrogen) atoms. The summed E-state index contributed by atoms with van der Waals surface area (Å²) >= 11 is 0. The summed E-state index contributed by atoms with van der Waals surface area (Å²) in [5, 5.41) is 6.91. The number of hydrogen-bond acceptors (Lipinski definition) is 3. The van der Waals surface area contributed by atoms with E-state index in [0.29, 0.717) is 19.4 Å². The standard InChI is InChI=1S/C9H16N4O/c1-7-8(6-13(2)12-7)11-9(14)4-3-5-10/h6H,3-5,10H2,1-2H3,(H,11,14). The molecule has 0 saturated heterocycles. The van der Waals surface area contributed by atoms with E-state index < -0.39 is 0 Å². The lowest BCUT2D eigenvalue weighted by molar-refractivity contribution is -0.116. The molecule has 3 N–H and O–H groups in total. The van der Waals surface area contributed by atoms with Crippen LogP contribution in [-0.4, -0.2) is 22.2 Å². The van der Waals surface area contributed by atoms with Gasteiger partial charge in [-0.05, 0) is 19.9 Å². The maximum Gasteiger partial charge on any atom is 0.224 e. The number of carbonyl (C=O) groups excluding carboxylic acids is 1. The van der Waals surface area contributed by atoms with E-state index in [0.717, 1.165) is 11.4 Å². The third-order valence-electron chi connectivity index (χ3n) is 1.90. The Morgan fingerprint density at radius 2 is 2.43 bits per heavy atom. The Kier molecular flexibility index (Phi) is 3.64. The van der Waals surface area contributed by atoms with Crippen molar-refractivity contribution in [2.75, 3.05) is 11.9 Å². The van der Waals surface area contributed by atoms with Crippen molar-refractivity contribution in [3.05, 3.63) is 11.9 Å². The first kappa shape index (κ1) is 10.7. The first-order chi connectivity index (χ1) is 6.63. The van der Waals surface area contributed by atoms with Gasteiger partial charge in [0.2, 0.25) is 5.91 Å². The SMILES string of the molecule is Cc1nn(C)cc1NC(=O)CCCN. The molecule has 1 rings (SSSR count). The predicted octanol–water partition coefficient (Wildman–Crippen LogP) is 0.406. The van der Waals surface area contributed by atoms with E-state index in [1.165, 1.54) is 0 Å². The van der Waals surface area contributed by atoms with Gasteiger partial charge in [0.25, 0.3) is 0 Å². The van der Waals surface area contributed by atoms with Gasteiger partial charge in [0, 0.05) is 19.7 Å². The van der Waals surface area contributed by atoms with Crippen LogP contribution in [0, 0.1) is 6.92 Å². The largest absolute Gasteiger partial charge is 0.330 e.